The summed E-state index contributed by atoms with van der Waals surface area (Å²) in [5.41, 5.74) is 4.36. The molecule has 0 radical (unpaired) electrons. The molecule has 0 saturated carbocycles. The van der Waals surface area contributed by atoms with Crippen molar-refractivity contribution >= 4 is 34.2 Å². The van der Waals surface area contributed by atoms with E-state index >= 15 is 0 Å². The second-order valence-electron chi connectivity index (χ2n) is 6.90. The molecule has 1 amide bonds. The minimum absolute atomic E-state index is 0.0229. The molecule has 1 unspecified atom stereocenters. The van der Waals surface area contributed by atoms with Gasteiger partial charge in [0.25, 0.3) is 0 Å². The molecule has 0 aliphatic carbocycles. The Bertz CT molecular complexity index is 1130. The fourth-order valence-electron chi connectivity index (χ4n) is 3.37. The van der Waals surface area contributed by atoms with Gasteiger partial charge < -0.3 is 21.1 Å². The Morgan fingerprint density at radius 2 is 1.42 bits per heavy atom. The summed E-state index contributed by atoms with van der Waals surface area (Å²) in [6, 6.07) is 22.7. The highest BCUT2D eigenvalue weighted by molar-refractivity contribution is 6.03. The third kappa shape index (κ3) is 4.39. The minimum atomic E-state index is -4.96. The molecule has 4 rings (SSSR count). The zero-order valence-corrected chi connectivity index (χ0v) is 16.1. The molecule has 0 spiro atoms. The van der Waals surface area contributed by atoms with Crippen LogP contribution < -0.4 is 16.0 Å². The van der Waals surface area contributed by atoms with Crippen molar-refractivity contribution < 1.29 is 23.1 Å². The van der Waals surface area contributed by atoms with Crippen LogP contribution in [-0.2, 0) is 4.79 Å². The van der Waals surface area contributed by atoms with Crippen LogP contribution in [0.5, 0.6) is 0 Å². The largest absolute Gasteiger partial charge is 0.471 e. The topological polar surface area (TPSA) is 73.4 Å². The summed E-state index contributed by atoms with van der Waals surface area (Å²) in [5, 5.41) is 18.8. The molecule has 0 fully saturated rings. The average molecular weight is 425 g/mol. The van der Waals surface area contributed by atoms with Crippen LogP contribution >= 0.6 is 0 Å². The van der Waals surface area contributed by atoms with Crippen LogP contribution in [0.2, 0.25) is 0 Å². The first-order chi connectivity index (χ1) is 14.8. The van der Waals surface area contributed by atoms with Crippen LogP contribution in [-0.4, -0.2) is 23.4 Å². The number of anilines is 3. The summed E-state index contributed by atoms with van der Waals surface area (Å²) < 4.78 is 37.3. The van der Waals surface area contributed by atoms with E-state index in [0.29, 0.717) is 17.0 Å². The Labute approximate surface area is 176 Å². The van der Waals surface area contributed by atoms with Crippen LogP contribution in [0.1, 0.15) is 11.1 Å². The number of nitrogens with one attached hydrogen (secondary N) is 3. The number of carbonyl (C=O) groups excluding carboxylic acids is 1. The van der Waals surface area contributed by atoms with Gasteiger partial charge in [0.2, 0.25) is 0 Å². The first-order valence-corrected chi connectivity index (χ1v) is 9.42. The third-order valence-electron chi connectivity index (χ3n) is 4.78. The van der Waals surface area contributed by atoms with E-state index < -0.39 is 18.3 Å². The van der Waals surface area contributed by atoms with E-state index in [1.165, 1.54) is 12.1 Å². The van der Waals surface area contributed by atoms with Crippen LogP contribution in [0, 0.1) is 0 Å². The number of aliphatic hydroxyl groups is 1. The number of rotatable bonds is 4. The van der Waals surface area contributed by atoms with Crippen molar-refractivity contribution in [2.75, 3.05) is 16.0 Å². The van der Waals surface area contributed by atoms with E-state index in [-0.39, 0.29) is 5.69 Å². The van der Waals surface area contributed by atoms with Gasteiger partial charge in [0.1, 0.15) is 0 Å². The highest BCUT2D eigenvalue weighted by Gasteiger charge is 2.38. The SMILES string of the molecule is O=C(Nc1ccc(N/C(=C2/c3ccccc3NC2O)c2ccccc2)cc1)C(F)(F)F. The molecule has 8 heteroatoms. The lowest BCUT2D eigenvalue weighted by Crippen LogP contribution is -2.29. The van der Waals surface area contributed by atoms with Gasteiger partial charge in [-0.25, -0.2) is 0 Å². The van der Waals surface area contributed by atoms with Crippen LogP contribution in [0.4, 0.5) is 30.2 Å². The van der Waals surface area contributed by atoms with Gasteiger partial charge in [0, 0.05) is 28.2 Å². The van der Waals surface area contributed by atoms with Gasteiger partial charge in [0.05, 0.1) is 5.70 Å². The first kappa shape index (κ1) is 20.5. The monoisotopic (exact) mass is 425 g/mol. The zero-order valence-electron chi connectivity index (χ0n) is 16.1. The molecular formula is C23H18F3N3O2. The molecule has 1 aliphatic rings. The lowest BCUT2D eigenvalue weighted by molar-refractivity contribution is -0.167. The van der Waals surface area contributed by atoms with Gasteiger partial charge in [-0.1, -0.05) is 48.5 Å². The quantitative estimate of drug-likeness (QED) is 0.479. The molecule has 4 N–H and O–H groups in total. The van der Waals surface area contributed by atoms with Crippen LogP contribution in [0.3, 0.4) is 0 Å². The summed E-state index contributed by atoms with van der Waals surface area (Å²) in [6.07, 6.45) is -5.90. The summed E-state index contributed by atoms with van der Waals surface area (Å²) in [7, 11) is 0. The van der Waals surface area contributed by atoms with Crippen molar-refractivity contribution in [2.45, 2.75) is 12.4 Å². The molecule has 0 bridgehead atoms. The van der Waals surface area contributed by atoms with E-state index in [9.17, 15) is 23.1 Å². The number of para-hydroxylation sites is 1. The lowest BCUT2D eigenvalue weighted by Gasteiger charge is -2.18. The molecule has 3 aromatic carbocycles. The standard InChI is InChI=1S/C23H18F3N3O2/c24-23(25,26)22(31)28-16-12-10-15(11-13-16)27-20(14-6-2-1-3-7-14)19-17-8-4-5-9-18(17)29-21(19)30/h1-13,21,27,29-30H,(H,28,31)/b20-19-. The highest BCUT2D eigenvalue weighted by atomic mass is 19.4. The van der Waals surface area contributed by atoms with Gasteiger partial charge in [0.15, 0.2) is 6.23 Å². The number of benzene rings is 3. The molecule has 0 saturated heterocycles. The minimum Gasteiger partial charge on any atom is -0.369 e. The number of carbonyl (C=O) groups is 1. The van der Waals surface area contributed by atoms with Gasteiger partial charge in [-0.15, -0.1) is 0 Å². The smallest absolute Gasteiger partial charge is 0.369 e. The maximum Gasteiger partial charge on any atom is 0.471 e. The van der Waals surface area contributed by atoms with E-state index in [2.05, 4.69) is 10.6 Å². The Morgan fingerprint density at radius 3 is 2.06 bits per heavy atom. The molecule has 0 aromatic heterocycles. The van der Waals surface area contributed by atoms with Crippen molar-refractivity contribution in [3.8, 4) is 0 Å². The van der Waals surface area contributed by atoms with Crippen LogP contribution in [0.25, 0.3) is 11.3 Å². The van der Waals surface area contributed by atoms with E-state index in [1.54, 1.807) is 12.1 Å². The number of halogens is 3. The Balaban J connectivity index is 1.69. The van der Waals surface area contributed by atoms with Crippen LogP contribution in [0.15, 0.2) is 78.9 Å². The average Bonchev–Trinajstić information content (AvgIpc) is 3.08. The first-order valence-electron chi connectivity index (χ1n) is 9.42. The van der Waals surface area contributed by atoms with Gasteiger partial charge >= 0.3 is 12.1 Å². The summed E-state index contributed by atoms with van der Waals surface area (Å²) in [4.78, 5) is 11.1. The second kappa shape index (κ2) is 8.16. The molecular weight excluding hydrogens is 407 g/mol. The van der Waals surface area contributed by atoms with Crippen molar-refractivity contribution in [2.24, 2.45) is 0 Å². The maximum atomic E-state index is 12.4. The van der Waals surface area contributed by atoms with Gasteiger partial charge in [-0.3, -0.25) is 4.79 Å². The predicted molar refractivity (Wildman–Crippen MR) is 114 cm³/mol. The van der Waals surface area contributed by atoms with Gasteiger partial charge in [-0.2, -0.15) is 13.2 Å². The second-order valence-corrected chi connectivity index (χ2v) is 6.90. The van der Waals surface area contributed by atoms with E-state index in [1.807, 2.05) is 59.9 Å². The molecule has 31 heavy (non-hydrogen) atoms. The molecule has 1 aliphatic heterocycles. The number of hydrogen-bond acceptors (Lipinski definition) is 4. The van der Waals surface area contributed by atoms with E-state index in [0.717, 1.165) is 16.8 Å². The Morgan fingerprint density at radius 1 is 0.839 bits per heavy atom. The van der Waals surface area contributed by atoms with Crippen molar-refractivity contribution in [1.29, 1.82) is 0 Å². The lowest BCUT2D eigenvalue weighted by atomic mass is 9.99. The predicted octanol–water partition coefficient (Wildman–Crippen LogP) is 4.91. The number of hydrogen-bond donors (Lipinski definition) is 4. The summed E-state index contributed by atoms with van der Waals surface area (Å²) in [6.45, 7) is 0. The molecule has 3 aromatic rings. The molecule has 5 nitrogen and oxygen atoms in total. The zero-order chi connectivity index (χ0) is 22.0. The van der Waals surface area contributed by atoms with Gasteiger partial charge in [-0.05, 0) is 35.9 Å². The van der Waals surface area contributed by atoms with Crippen molar-refractivity contribution in [3.63, 3.8) is 0 Å². The summed E-state index contributed by atoms with van der Waals surface area (Å²) >= 11 is 0. The van der Waals surface area contributed by atoms with Crippen molar-refractivity contribution in [1.82, 2.24) is 0 Å². The van der Waals surface area contributed by atoms with Crippen molar-refractivity contribution in [3.05, 3.63) is 90.0 Å². The fourth-order valence-corrected chi connectivity index (χ4v) is 3.37. The fraction of sp³-hybridized carbons (Fsp3) is 0.0870. The molecule has 1 atom stereocenters. The molecule has 158 valence electrons. The number of alkyl halides is 3. The number of fused-ring (bicyclic) bond motifs is 1. The molecule has 1 heterocycles. The third-order valence-corrected chi connectivity index (χ3v) is 4.78. The summed E-state index contributed by atoms with van der Waals surface area (Å²) in [5.74, 6) is -2.03. The van der Waals surface area contributed by atoms with E-state index in [4.69, 9.17) is 0 Å². The number of aliphatic hydroxyl groups excluding tert-OH is 1. The normalized spacial score (nSPS) is 16.8. The maximum absolute atomic E-state index is 12.4. The number of amides is 1. The Kier molecular flexibility index (Phi) is 5.39. The Hall–Kier alpha value is -3.78. The highest BCUT2D eigenvalue weighted by Crippen LogP contribution is 2.39.